The highest BCUT2D eigenvalue weighted by Gasteiger charge is 1.91. The molecule has 2 aromatic carbocycles. The number of anilines is 1. The molecule has 0 atom stereocenters. The predicted octanol–water partition coefficient (Wildman–Crippen LogP) is 3.29. The molecule has 2 rings (SSSR count). The van der Waals surface area contributed by atoms with Crippen molar-refractivity contribution in [3.63, 3.8) is 0 Å². The summed E-state index contributed by atoms with van der Waals surface area (Å²) in [4.78, 5) is 0. The Labute approximate surface area is 100 Å². The Bertz CT molecular complexity index is 538. The average molecular weight is 225 g/mol. The van der Waals surface area contributed by atoms with Crippen molar-refractivity contribution >= 4 is 5.69 Å². The zero-order valence-electron chi connectivity index (χ0n) is 9.28. The molecule has 2 heteroatoms. The maximum absolute atomic E-state index is 12.9. The summed E-state index contributed by atoms with van der Waals surface area (Å²) in [6.45, 7) is 0.498. The van der Waals surface area contributed by atoms with E-state index >= 15 is 0 Å². The van der Waals surface area contributed by atoms with Crippen LogP contribution in [0.25, 0.3) is 0 Å². The van der Waals surface area contributed by atoms with Crippen LogP contribution < -0.4 is 5.32 Å². The van der Waals surface area contributed by atoms with Crippen LogP contribution in [0.3, 0.4) is 0 Å². The smallest absolute Gasteiger partial charge is 0.125 e. The van der Waals surface area contributed by atoms with Crippen LogP contribution in [0.15, 0.2) is 54.6 Å². The second kappa shape index (κ2) is 5.72. The van der Waals surface area contributed by atoms with Crippen molar-refractivity contribution < 1.29 is 4.39 Å². The van der Waals surface area contributed by atoms with E-state index in [1.165, 1.54) is 12.1 Å². The molecule has 0 bridgehead atoms. The molecule has 0 radical (unpaired) electrons. The van der Waals surface area contributed by atoms with Gasteiger partial charge in [0.15, 0.2) is 0 Å². The number of hydrogen-bond donors (Lipinski definition) is 1. The minimum Gasteiger partial charge on any atom is -0.374 e. The topological polar surface area (TPSA) is 12.0 Å². The SMILES string of the molecule is Fc1cccc(NCC#Cc2ccccc2)c1. The fraction of sp³-hybridized carbons (Fsp3) is 0.0667. The number of hydrogen-bond acceptors (Lipinski definition) is 1. The maximum Gasteiger partial charge on any atom is 0.125 e. The lowest BCUT2D eigenvalue weighted by Gasteiger charge is -2.00. The first-order chi connectivity index (χ1) is 8.34. The highest BCUT2D eigenvalue weighted by molar-refractivity contribution is 5.45. The van der Waals surface area contributed by atoms with E-state index in [9.17, 15) is 4.39 Å². The summed E-state index contributed by atoms with van der Waals surface area (Å²) in [5, 5.41) is 3.04. The van der Waals surface area contributed by atoms with E-state index in [2.05, 4.69) is 17.2 Å². The Morgan fingerprint density at radius 1 is 1.00 bits per heavy atom. The van der Waals surface area contributed by atoms with Gasteiger partial charge < -0.3 is 5.32 Å². The third-order valence-electron chi connectivity index (χ3n) is 2.21. The van der Waals surface area contributed by atoms with Crippen LogP contribution >= 0.6 is 0 Å². The van der Waals surface area contributed by atoms with Gasteiger partial charge in [-0.3, -0.25) is 0 Å². The molecule has 1 N–H and O–H groups in total. The third kappa shape index (κ3) is 3.66. The van der Waals surface area contributed by atoms with E-state index in [-0.39, 0.29) is 5.82 Å². The van der Waals surface area contributed by atoms with Crippen LogP contribution in [0.5, 0.6) is 0 Å². The molecule has 0 unspecified atom stereocenters. The lowest BCUT2D eigenvalue weighted by atomic mass is 10.2. The minimum absolute atomic E-state index is 0.244. The standard InChI is InChI=1S/C15H12FN/c16-14-9-4-10-15(12-14)17-11-5-8-13-6-2-1-3-7-13/h1-4,6-7,9-10,12,17H,11H2. The first kappa shape index (κ1) is 11.2. The fourth-order valence-electron chi connectivity index (χ4n) is 1.41. The normalized spacial score (nSPS) is 9.24. The molecule has 0 spiro atoms. The molecule has 0 saturated carbocycles. The lowest BCUT2D eigenvalue weighted by molar-refractivity contribution is 0.628. The van der Waals surface area contributed by atoms with Gasteiger partial charge in [0.2, 0.25) is 0 Å². The molecule has 0 fully saturated rings. The summed E-state index contributed by atoms with van der Waals surface area (Å²) in [6, 6.07) is 16.1. The zero-order chi connectivity index (χ0) is 11.9. The van der Waals surface area contributed by atoms with Gasteiger partial charge in [-0.2, -0.15) is 0 Å². The van der Waals surface area contributed by atoms with Crippen LogP contribution in [-0.4, -0.2) is 6.54 Å². The second-order valence-electron chi connectivity index (χ2n) is 3.53. The van der Waals surface area contributed by atoms with E-state index in [1.807, 2.05) is 36.4 Å². The Morgan fingerprint density at radius 2 is 1.82 bits per heavy atom. The predicted molar refractivity (Wildman–Crippen MR) is 68.2 cm³/mol. The van der Waals surface area contributed by atoms with Gasteiger partial charge in [0, 0.05) is 11.3 Å². The Hall–Kier alpha value is -2.27. The summed E-state index contributed by atoms with van der Waals surface area (Å²) >= 11 is 0. The maximum atomic E-state index is 12.9. The number of rotatable bonds is 2. The molecule has 0 aliphatic rings. The van der Waals surface area contributed by atoms with Gasteiger partial charge in [-0.25, -0.2) is 4.39 Å². The Kier molecular flexibility index (Phi) is 3.77. The van der Waals surface area contributed by atoms with Crippen LogP contribution in [-0.2, 0) is 0 Å². The molecule has 0 aromatic heterocycles. The molecule has 0 saturated heterocycles. The molecule has 0 heterocycles. The van der Waals surface area contributed by atoms with E-state index in [4.69, 9.17) is 0 Å². The molecular weight excluding hydrogens is 213 g/mol. The van der Waals surface area contributed by atoms with Crippen molar-refractivity contribution in [2.24, 2.45) is 0 Å². The Morgan fingerprint density at radius 3 is 2.59 bits per heavy atom. The minimum atomic E-state index is -0.244. The highest BCUT2D eigenvalue weighted by Crippen LogP contribution is 2.07. The highest BCUT2D eigenvalue weighted by atomic mass is 19.1. The lowest BCUT2D eigenvalue weighted by Crippen LogP contribution is -1.98. The van der Waals surface area contributed by atoms with Crippen molar-refractivity contribution in [3.8, 4) is 11.8 Å². The summed E-state index contributed by atoms with van der Waals surface area (Å²) in [7, 11) is 0. The molecule has 0 aliphatic carbocycles. The van der Waals surface area contributed by atoms with E-state index < -0.39 is 0 Å². The zero-order valence-corrected chi connectivity index (χ0v) is 9.28. The summed E-state index contributed by atoms with van der Waals surface area (Å²) in [5.41, 5.74) is 1.72. The van der Waals surface area contributed by atoms with Gasteiger partial charge in [-0.05, 0) is 30.3 Å². The van der Waals surface area contributed by atoms with Crippen molar-refractivity contribution in [2.45, 2.75) is 0 Å². The van der Waals surface area contributed by atoms with Crippen LogP contribution in [0.1, 0.15) is 5.56 Å². The van der Waals surface area contributed by atoms with E-state index in [1.54, 1.807) is 6.07 Å². The molecule has 0 aliphatic heterocycles. The van der Waals surface area contributed by atoms with Gasteiger partial charge in [0.1, 0.15) is 5.82 Å². The largest absolute Gasteiger partial charge is 0.374 e. The van der Waals surface area contributed by atoms with Crippen LogP contribution in [0.2, 0.25) is 0 Å². The van der Waals surface area contributed by atoms with Gasteiger partial charge in [-0.1, -0.05) is 36.1 Å². The molecule has 2 aromatic rings. The molecule has 84 valence electrons. The summed E-state index contributed by atoms with van der Waals surface area (Å²) < 4.78 is 12.9. The number of halogens is 1. The van der Waals surface area contributed by atoms with Gasteiger partial charge >= 0.3 is 0 Å². The number of nitrogens with one attached hydrogen (secondary N) is 1. The Balaban J connectivity index is 1.90. The summed E-state index contributed by atoms with van der Waals surface area (Å²) in [5.74, 6) is 5.76. The third-order valence-corrected chi connectivity index (χ3v) is 2.21. The first-order valence-electron chi connectivity index (χ1n) is 5.38. The van der Waals surface area contributed by atoms with E-state index in [0.717, 1.165) is 11.3 Å². The fourth-order valence-corrected chi connectivity index (χ4v) is 1.41. The number of benzene rings is 2. The quantitative estimate of drug-likeness (QED) is 0.773. The molecule has 17 heavy (non-hydrogen) atoms. The van der Waals surface area contributed by atoms with Gasteiger partial charge in [0.05, 0.1) is 6.54 Å². The van der Waals surface area contributed by atoms with Crippen molar-refractivity contribution in [2.75, 3.05) is 11.9 Å². The van der Waals surface area contributed by atoms with E-state index in [0.29, 0.717) is 6.54 Å². The monoisotopic (exact) mass is 225 g/mol. The van der Waals surface area contributed by atoms with Crippen LogP contribution in [0.4, 0.5) is 10.1 Å². The molecule has 0 amide bonds. The van der Waals surface area contributed by atoms with Crippen molar-refractivity contribution in [3.05, 3.63) is 66.0 Å². The van der Waals surface area contributed by atoms with Crippen molar-refractivity contribution in [1.29, 1.82) is 0 Å². The average Bonchev–Trinajstić information content (AvgIpc) is 2.36. The van der Waals surface area contributed by atoms with Gasteiger partial charge in [-0.15, -0.1) is 0 Å². The molecule has 1 nitrogen and oxygen atoms in total. The van der Waals surface area contributed by atoms with Gasteiger partial charge in [0.25, 0.3) is 0 Å². The van der Waals surface area contributed by atoms with Crippen LogP contribution in [0, 0.1) is 17.7 Å². The first-order valence-corrected chi connectivity index (χ1v) is 5.38. The van der Waals surface area contributed by atoms with Crippen molar-refractivity contribution in [1.82, 2.24) is 0 Å². The molecular formula is C15H12FN. The second-order valence-corrected chi connectivity index (χ2v) is 3.53. The summed E-state index contributed by atoms with van der Waals surface area (Å²) in [6.07, 6.45) is 0.